The summed E-state index contributed by atoms with van der Waals surface area (Å²) in [5.41, 5.74) is 12.7. The van der Waals surface area contributed by atoms with E-state index in [2.05, 4.69) is 0 Å². The number of β-amino-alcohol motifs (C(OH)–C–C–N with tert-alkyl or cyclic N) is 1. The van der Waals surface area contributed by atoms with E-state index in [-0.39, 0.29) is 11.9 Å². The molecule has 1 heterocycles. The van der Waals surface area contributed by atoms with Crippen molar-refractivity contribution in [1.82, 2.24) is 4.90 Å². The molecule has 1 saturated heterocycles. The van der Waals surface area contributed by atoms with Crippen LogP contribution in [0.2, 0.25) is 0 Å². The smallest absolute Gasteiger partial charge is 0.189 e. The van der Waals surface area contributed by atoms with Crippen LogP contribution in [0.25, 0.3) is 0 Å². The number of rotatable bonds is 3. The molecule has 1 aliphatic heterocycles. The molecule has 1 aromatic rings. The van der Waals surface area contributed by atoms with Crippen molar-refractivity contribution in [2.24, 2.45) is 0 Å². The van der Waals surface area contributed by atoms with E-state index in [9.17, 15) is 9.90 Å². The number of likely N-dealkylation sites (tertiary alicyclic amines) is 1. The molecular formula is C14H19N3O2. The number of carbonyl (C=O) groups is 1. The number of nitrogens with two attached hydrogens (primary N) is 2. The zero-order valence-corrected chi connectivity index (χ0v) is 10.7. The number of piperidine rings is 1. The first-order chi connectivity index (χ1) is 9.06. The van der Waals surface area contributed by atoms with Gasteiger partial charge in [-0.15, -0.1) is 0 Å². The maximum Gasteiger partial charge on any atom is 0.189 e. The molecule has 0 bridgehead atoms. The quantitative estimate of drug-likeness (QED) is 0.429. The Bertz CT molecular complexity index is 499. The van der Waals surface area contributed by atoms with E-state index >= 15 is 0 Å². The molecule has 0 radical (unpaired) electrons. The summed E-state index contributed by atoms with van der Waals surface area (Å²) in [6.45, 7) is 1.42. The summed E-state index contributed by atoms with van der Waals surface area (Å²) in [6.07, 6.45) is 4.63. The molecule has 5 N–H and O–H groups in total. The second-order valence-electron chi connectivity index (χ2n) is 4.82. The largest absolute Gasteiger partial charge is 0.399 e. The van der Waals surface area contributed by atoms with Gasteiger partial charge in [-0.25, -0.2) is 0 Å². The van der Waals surface area contributed by atoms with Crippen LogP contribution in [-0.4, -0.2) is 35.0 Å². The molecule has 19 heavy (non-hydrogen) atoms. The van der Waals surface area contributed by atoms with Crippen LogP contribution in [0.4, 0.5) is 11.4 Å². The Balaban J connectivity index is 2.06. The van der Waals surface area contributed by atoms with E-state index in [0.717, 1.165) is 19.4 Å². The van der Waals surface area contributed by atoms with Crippen LogP contribution in [0.3, 0.4) is 0 Å². The molecule has 1 unspecified atom stereocenters. The average Bonchev–Trinajstić information content (AvgIpc) is 2.39. The third kappa shape index (κ3) is 3.48. The van der Waals surface area contributed by atoms with Gasteiger partial charge in [0.1, 0.15) is 0 Å². The molecule has 2 rings (SSSR count). The average molecular weight is 261 g/mol. The highest BCUT2D eigenvalue weighted by atomic mass is 16.3. The summed E-state index contributed by atoms with van der Waals surface area (Å²) in [5, 5.41) is 9.55. The number of nitrogen functional groups attached to an aromatic ring is 2. The minimum Gasteiger partial charge on any atom is -0.399 e. The number of hydrogen-bond acceptors (Lipinski definition) is 5. The summed E-state index contributed by atoms with van der Waals surface area (Å²) in [4.78, 5) is 14.0. The number of hydrogen-bond donors (Lipinski definition) is 3. The predicted octanol–water partition coefficient (Wildman–Crippen LogP) is 1.00. The van der Waals surface area contributed by atoms with E-state index in [1.54, 1.807) is 24.4 Å². The van der Waals surface area contributed by atoms with Crippen molar-refractivity contribution in [3.05, 3.63) is 36.0 Å². The summed E-state index contributed by atoms with van der Waals surface area (Å²) in [6, 6.07) is 4.87. The predicted molar refractivity (Wildman–Crippen MR) is 75.6 cm³/mol. The van der Waals surface area contributed by atoms with Gasteiger partial charge in [0, 0.05) is 42.3 Å². The Hall–Kier alpha value is -2.01. The topological polar surface area (TPSA) is 92.6 Å². The molecule has 0 saturated carbocycles. The Morgan fingerprint density at radius 1 is 1.42 bits per heavy atom. The number of carbonyl (C=O) groups excluding carboxylic acids is 1. The fraction of sp³-hybridized carbons (Fsp3) is 0.357. The fourth-order valence-electron chi connectivity index (χ4n) is 2.17. The molecule has 0 spiro atoms. The number of ketones is 1. The number of allylic oxidation sites excluding steroid dienone is 1. The van der Waals surface area contributed by atoms with E-state index in [0.29, 0.717) is 23.5 Å². The number of anilines is 2. The zero-order chi connectivity index (χ0) is 13.8. The first-order valence-electron chi connectivity index (χ1n) is 6.36. The van der Waals surface area contributed by atoms with Crippen molar-refractivity contribution >= 4 is 17.2 Å². The summed E-state index contributed by atoms with van der Waals surface area (Å²) in [7, 11) is 0. The Labute approximate surface area is 112 Å². The fourth-order valence-corrected chi connectivity index (χ4v) is 2.17. The highest BCUT2D eigenvalue weighted by Gasteiger charge is 2.15. The van der Waals surface area contributed by atoms with Gasteiger partial charge in [0.2, 0.25) is 0 Å². The van der Waals surface area contributed by atoms with E-state index in [1.807, 2.05) is 4.90 Å². The minimum absolute atomic E-state index is 0.176. The lowest BCUT2D eigenvalue weighted by Gasteiger charge is -2.28. The summed E-state index contributed by atoms with van der Waals surface area (Å²) >= 11 is 0. The van der Waals surface area contributed by atoms with Crippen LogP contribution >= 0.6 is 0 Å². The summed E-state index contributed by atoms with van der Waals surface area (Å²) < 4.78 is 0. The van der Waals surface area contributed by atoms with Crippen LogP contribution in [0.15, 0.2) is 30.5 Å². The maximum absolute atomic E-state index is 12.0. The van der Waals surface area contributed by atoms with Crippen molar-refractivity contribution in [1.29, 1.82) is 0 Å². The SMILES string of the molecule is Nc1ccc(N)c(C(=O)C=CN2CCCC(O)C2)c1. The molecule has 102 valence electrons. The lowest BCUT2D eigenvalue weighted by molar-refractivity contribution is 0.0927. The number of benzene rings is 1. The molecule has 1 atom stereocenters. The van der Waals surface area contributed by atoms with Gasteiger partial charge in [-0.3, -0.25) is 4.79 Å². The van der Waals surface area contributed by atoms with Crippen molar-refractivity contribution in [3.63, 3.8) is 0 Å². The molecule has 0 amide bonds. The van der Waals surface area contributed by atoms with Crippen LogP contribution in [0.1, 0.15) is 23.2 Å². The molecule has 5 heteroatoms. The normalized spacial score (nSPS) is 19.8. The summed E-state index contributed by atoms with van der Waals surface area (Å²) in [5.74, 6) is -0.176. The Morgan fingerprint density at radius 2 is 2.21 bits per heavy atom. The standard InChI is InChI=1S/C14H19N3O2/c15-10-3-4-13(16)12(8-10)14(19)5-7-17-6-1-2-11(18)9-17/h3-5,7-8,11,18H,1-2,6,9,15-16H2. The van der Waals surface area contributed by atoms with E-state index < -0.39 is 0 Å². The second-order valence-corrected chi connectivity index (χ2v) is 4.82. The van der Waals surface area contributed by atoms with Gasteiger partial charge in [-0.2, -0.15) is 0 Å². The first kappa shape index (κ1) is 13.4. The molecule has 0 aromatic heterocycles. The monoisotopic (exact) mass is 261 g/mol. The number of aliphatic hydroxyl groups excluding tert-OH is 1. The molecular weight excluding hydrogens is 242 g/mol. The molecule has 1 fully saturated rings. The number of nitrogens with zero attached hydrogens (tertiary/aromatic N) is 1. The maximum atomic E-state index is 12.0. The molecule has 1 aliphatic rings. The van der Waals surface area contributed by atoms with E-state index in [4.69, 9.17) is 11.5 Å². The van der Waals surface area contributed by atoms with Gasteiger partial charge in [0.05, 0.1) is 6.10 Å². The van der Waals surface area contributed by atoms with Crippen LogP contribution < -0.4 is 11.5 Å². The van der Waals surface area contributed by atoms with E-state index in [1.165, 1.54) is 6.08 Å². The van der Waals surface area contributed by atoms with Crippen molar-refractivity contribution in [2.45, 2.75) is 18.9 Å². The lowest BCUT2D eigenvalue weighted by atomic mass is 10.1. The molecule has 0 aliphatic carbocycles. The van der Waals surface area contributed by atoms with Crippen LogP contribution in [-0.2, 0) is 0 Å². The van der Waals surface area contributed by atoms with Crippen molar-refractivity contribution < 1.29 is 9.90 Å². The van der Waals surface area contributed by atoms with Crippen LogP contribution in [0.5, 0.6) is 0 Å². The third-order valence-corrected chi connectivity index (χ3v) is 3.21. The Morgan fingerprint density at radius 3 is 2.95 bits per heavy atom. The van der Waals surface area contributed by atoms with Crippen molar-refractivity contribution in [2.75, 3.05) is 24.6 Å². The van der Waals surface area contributed by atoms with Gasteiger partial charge >= 0.3 is 0 Å². The lowest BCUT2D eigenvalue weighted by Crippen LogP contribution is -2.34. The van der Waals surface area contributed by atoms with Gasteiger partial charge in [0.15, 0.2) is 5.78 Å². The Kier molecular flexibility index (Phi) is 4.06. The highest BCUT2D eigenvalue weighted by Crippen LogP contribution is 2.17. The zero-order valence-electron chi connectivity index (χ0n) is 10.7. The van der Waals surface area contributed by atoms with Gasteiger partial charge in [-0.05, 0) is 31.0 Å². The highest BCUT2D eigenvalue weighted by molar-refractivity contribution is 6.08. The third-order valence-electron chi connectivity index (χ3n) is 3.21. The number of aliphatic hydroxyl groups is 1. The van der Waals surface area contributed by atoms with Crippen molar-refractivity contribution in [3.8, 4) is 0 Å². The van der Waals surface area contributed by atoms with Gasteiger partial charge in [0.25, 0.3) is 0 Å². The van der Waals surface area contributed by atoms with Gasteiger partial charge < -0.3 is 21.5 Å². The van der Waals surface area contributed by atoms with Crippen LogP contribution in [0, 0.1) is 0 Å². The second kappa shape index (κ2) is 5.75. The minimum atomic E-state index is -0.314. The molecule has 1 aromatic carbocycles. The molecule has 5 nitrogen and oxygen atoms in total. The first-order valence-corrected chi connectivity index (χ1v) is 6.36. The van der Waals surface area contributed by atoms with Gasteiger partial charge in [-0.1, -0.05) is 0 Å².